The lowest BCUT2D eigenvalue weighted by Crippen LogP contribution is -2.50. The van der Waals surface area contributed by atoms with Gasteiger partial charge in [0, 0.05) is 12.1 Å². The molecule has 2 fully saturated rings. The molecular weight excluding hydrogens is 244 g/mol. The molecule has 0 bridgehead atoms. The van der Waals surface area contributed by atoms with Crippen LogP contribution >= 0.6 is 0 Å². The Morgan fingerprint density at radius 3 is 2.25 bits per heavy atom. The second-order valence-corrected chi connectivity index (χ2v) is 7.14. The highest BCUT2D eigenvalue weighted by Gasteiger charge is 2.34. The Labute approximate surface area is 126 Å². The van der Waals surface area contributed by atoms with Gasteiger partial charge in [-0.3, -0.25) is 4.90 Å². The van der Waals surface area contributed by atoms with Crippen molar-refractivity contribution < 1.29 is 0 Å². The molecule has 118 valence electrons. The number of hydrogen-bond acceptors (Lipinski definition) is 2. The first-order valence-electron chi connectivity index (χ1n) is 9.25. The summed E-state index contributed by atoms with van der Waals surface area (Å²) in [6.45, 7) is 6.81. The van der Waals surface area contributed by atoms with Crippen molar-refractivity contribution in [3.8, 4) is 0 Å². The van der Waals surface area contributed by atoms with Crippen LogP contribution in [0.5, 0.6) is 0 Å². The van der Waals surface area contributed by atoms with Gasteiger partial charge < -0.3 is 5.73 Å². The van der Waals surface area contributed by atoms with Crippen LogP contribution in [0.3, 0.4) is 0 Å². The summed E-state index contributed by atoms with van der Waals surface area (Å²) in [5, 5.41) is 0. The summed E-state index contributed by atoms with van der Waals surface area (Å²) < 4.78 is 0. The van der Waals surface area contributed by atoms with Crippen molar-refractivity contribution in [1.29, 1.82) is 0 Å². The van der Waals surface area contributed by atoms with Crippen molar-refractivity contribution in [3.05, 3.63) is 0 Å². The van der Waals surface area contributed by atoms with Crippen molar-refractivity contribution in [2.24, 2.45) is 17.6 Å². The van der Waals surface area contributed by atoms with Crippen LogP contribution in [-0.2, 0) is 0 Å². The van der Waals surface area contributed by atoms with E-state index in [1.807, 2.05) is 0 Å². The third kappa shape index (κ3) is 3.98. The minimum Gasteiger partial charge on any atom is -0.330 e. The fourth-order valence-electron chi connectivity index (χ4n) is 4.84. The Kier molecular flexibility index (Phi) is 6.83. The van der Waals surface area contributed by atoms with E-state index >= 15 is 0 Å². The minimum absolute atomic E-state index is 0.761. The van der Waals surface area contributed by atoms with Crippen molar-refractivity contribution in [1.82, 2.24) is 4.90 Å². The standard InChI is InChI=1S/C18H36N2/c1-3-7-15-10-12-17(13-11-15)20(4-2)18-9-6-5-8-16(18)14-19/h15-18H,3-14,19H2,1-2H3. The molecule has 0 aromatic heterocycles. The van der Waals surface area contributed by atoms with Crippen LogP contribution in [0.4, 0.5) is 0 Å². The highest BCUT2D eigenvalue weighted by Crippen LogP contribution is 2.35. The number of nitrogens with zero attached hydrogens (tertiary/aromatic N) is 1. The highest BCUT2D eigenvalue weighted by atomic mass is 15.2. The van der Waals surface area contributed by atoms with Gasteiger partial charge in [-0.15, -0.1) is 0 Å². The first kappa shape index (κ1) is 16.3. The van der Waals surface area contributed by atoms with Crippen LogP contribution < -0.4 is 5.73 Å². The number of hydrogen-bond donors (Lipinski definition) is 1. The Balaban J connectivity index is 1.91. The van der Waals surface area contributed by atoms with Crippen molar-refractivity contribution in [3.63, 3.8) is 0 Å². The Bertz CT molecular complexity index is 258. The zero-order valence-electron chi connectivity index (χ0n) is 13.8. The molecule has 2 saturated carbocycles. The predicted molar refractivity (Wildman–Crippen MR) is 87.8 cm³/mol. The molecule has 20 heavy (non-hydrogen) atoms. The predicted octanol–water partition coefficient (Wildman–Crippen LogP) is 4.18. The first-order chi connectivity index (χ1) is 9.80. The van der Waals surface area contributed by atoms with E-state index in [9.17, 15) is 0 Å². The van der Waals surface area contributed by atoms with E-state index in [1.54, 1.807) is 0 Å². The SMILES string of the molecule is CCCC1CCC(N(CC)C2CCCCC2CN)CC1. The summed E-state index contributed by atoms with van der Waals surface area (Å²) in [7, 11) is 0. The maximum absolute atomic E-state index is 6.05. The second-order valence-electron chi connectivity index (χ2n) is 7.14. The smallest absolute Gasteiger partial charge is 0.0138 e. The molecule has 0 heterocycles. The van der Waals surface area contributed by atoms with Crippen molar-refractivity contribution in [2.45, 2.75) is 90.1 Å². The highest BCUT2D eigenvalue weighted by molar-refractivity contribution is 4.89. The molecule has 0 radical (unpaired) electrons. The third-order valence-corrected chi connectivity index (χ3v) is 5.95. The number of nitrogens with two attached hydrogens (primary N) is 1. The number of rotatable bonds is 6. The van der Waals surface area contributed by atoms with Gasteiger partial charge in [0.2, 0.25) is 0 Å². The van der Waals surface area contributed by atoms with E-state index in [-0.39, 0.29) is 0 Å². The fourth-order valence-corrected chi connectivity index (χ4v) is 4.84. The Hall–Kier alpha value is -0.0800. The van der Waals surface area contributed by atoms with Gasteiger partial charge in [-0.1, -0.05) is 39.5 Å². The van der Waals surface area contributed by atoms with E-state index in [1.165, 1.54) is 70.8 Å². The molecule has 2 unspecified atom stereocenters. The van der Waals surface area contributed by atoms with Gasteiger partial charge in [0.05, 0.1) is 0 Å². The van der Waals surface area contributed by atoms with Gasteiger partial charge in [0.25, 0.3) is 0 Å². The largest absolute Gasteiger partial charge is 0.330 e. The van der Waals surface area contributed by atoms with Gasteiger partial charge in [0.15, 0.2) is 0 Å². The molecule has 0 aliphatic heterocycles. The molecule has 2 atom stereocenters. The van der Waals surface area contributed by atoms with Crippen LogP contribution in [0.15, 0.2) is 0 Å². The molecule has 2 heteroatoms. The topological polar surface area (TPSA) is 29.3 Å². The Morgan fingerprint density at radius 2 is 1.65 bits per heavy atom. The lowest BCUT2D eigenvalue weighted by atomic mass is 9.79. The average Bonchev–Trinajstić information content (AvgIpc) is 2.50. The molecule has 0 aromatic rings. The summed E-state index contributed by atoms with van der Waals surface area (Å²) >= 11 is 0. The zero-order chi connectivity index (χ0) is 14.4. The van der Waals surface area contributed by atoms with Gasteiger partial charge in [-0.2, -0.15) is 0 Å². The van der Waals surface area contributed by atoms with E-state index in [2.05, 4.69) is 18.7 Å². The molecule has 2 aliphatic carbocycles. The van der Waals surface area contributed by atoms with E-state index in [0.717, 1.165) is 30.5 Å². The van der Waals surface area contributed by atoms with Gasteiger partial charge >= 0.3 is 0 Å². The molecule has 2 N–H and O–H groups in total. The molecular formula is C18H36N2. The minimum atomic E-state index is 0.761. The van der Waals surface area contributed by atoms with Gasteiger partial charge in [-0.25, -0.2) is 0 Å². The molecule has 2 aliphatic rings. The summed E-state index contributed by atoms with van der Waals surface area (Å²) in [5.74, 6) is 1.78. The quantitative estimate of drug-likeness (QED) is 0.790. The fraction of sp³-hybridized carbons (Fsp3) is 1.00. The summed E-state index contributed by atoms with van der Waals surface area (Å²) in [6.07, 6.45) is 14.2. The van der Waals surface area contributed by atoms with Crippen LogP contribution in [0.25, 0.3) is 0 Å². The van der Waals surface area contributed by atoms with Gasteiger partial charge in [-0.05, 0) is 63.5 Å². The molecule has 0 aromatic carbocycles. The monoisotopic (exact) mass is 280 g/mol. The molecule has 0 spiro atoms. The lowest BCUT2D eigenvalue weighted by molar-refractivity contribution is 0.0449. The molecule has 2 nitrogen and oxygen atoms in total. The van der Waals surface area contributed by atoms with Crippen molar-refractivity contribution >= 4 is 0 Å². The maximum atomic E-state index is 6.05. The van der Waals surface area contributed by atoms with Crippen LogP contribution in [0.1, 0.15) is 78.1 Å². The van der Waals surface area contributed by atoms with Crippen LogP contribution in [0.2, 0.25) is 0 Å². The zero-order valence-corrected chi connectivity index (χ0v) is 13.8. The Morgan fingerprint density at radius 1 is 0.950 bits per heavy atom. The molecule has 0 saturated heterocycles. The summed E-state index contributed by atoms with van der Waals surface area (Å²) in [4.78, 5) is 2.85. The van der Waals surface area contributed by atoms with Crippen LogP contribution in [-0.4, -0.2) is 30.1 Å². The summed E-state index contributed by atoms with van der Waals surface area (Å²) in [6, 6.07) is 1.64. The van der Waals surface area contributed by atoms with E-state index in [4.69, 9.17) is 5.73 Å². The lowest BCUT2D eigenvalue weighted by Gasteiger charge is -2.45. The van der Waals surface area contributed by atoms with E-state index in [0.29, 0.717) is 0 Å². The van der Waals surface area contributed by atoms with Crippen molar-refractivity contribution in [2.75, 3.05) is 13.1 Å². The van der Waals surface area contributed by atoms with E-state index < -0.39 is 0 Å². The normalized spacial score (nSPS) is 35.4. The van der Waals surface area contributed by atoms with Gasteiger partial charge in [0.1, 0.15) is 0 Å². The first-order valence-corrected chi connectivity index (χ1v) is 9.25. The van der Waals surface area contributed by atoms with Crippen LogP contribution in [0, 0.1) is 11.8 Å². The molecule has 2 rings (SSSR count). The average molecular weight is 280 g/mol. The maximum Gasteiger partial charge on any atom is 0.0138 e. The second kappa shape index (κ2) is 8.38. The summed E-state index contributed by atoms with van der Waals surface area (Å²) in [5.41, 5.74) is 6.05. The third-order valence-electron chi connectivity index (χ3n) is 5.95. The molecule has 0 amide bonds.